The second kappa shape index (κ2) is 10.4. The third-order valence-corrected chi connectivity index (χ3v) is 2.32. The predicted octanol–water partition coefficient (Wildman–Crippen LogP) is 0.269. The van der Waals surface area contributed by atoms with Gasteiger partial charge in [-0.1, -0.05) is 6.92 Å². The van der Waals surface area contributed by atoms with Crippen molar-refractivity contribution in [2.45, 2.75) is 13.3 Å². The highest BCUT2D eigenvalue weighted by atomic mass is 16.5. The quantitative estimate of drug-likeness (QED) is 0.534. The molecule has 0 amide bonds. The van der Waals surface area contributed by atoms with Crippen molar-refractivity contribution in [1.29, 1.82) is 0 Å². The van der Waals surface area contributed by atoms with E-state index in [1.165, 1.54) is 6.42 Å². The molecule has 0 aromatic heterocycles. The van der Waals surface area contributed by atoms with Crippen molar-refractivity contribution in [1.82, 2.24) is 9.80 Å². The maximum absolute atomic E-state index is 8.68. The van der Waals surface area contributed by atoms with E-state index < -0.39 is 0 Å². The molecule has 0 bridgehead atoms. The van der Waals surface area contributed by atoms with Gasteiger partial charge in [-0.05, 0) is 27.1 Å². The van der Waals surface area contributed by atoms with E-state index in [-0.39, 0.29) is 6.61 Å². The molecule has 1 N–H and O–H groups in total. The van der Waals surface area contributed by atoms with Crippen LogP contribution in [-0.4, -0.2) is 75.0 Å². The summed E-state index contributed by atoms with van der Waals surface area (Å²) in [4.78, 5) is 4.34. The number of likely N-dealkylation sites (N-methyl/N-ethyl adjacent to an activating group) is 2. The molecule has 0 aromatic rings. The van der Waals surface area contributed by atoms with Gasteiger partial charge in [0.05, 0.1) is 19.8 Å². The van der Waals surface area contributed by atoms with Crippen LogP contribution >= 0.6 is 0 Å². The van der Waals surface area contributed by atoms with E-state index in [0.717, 1.165) is 39.4 Å². The van der Waals surface area contributed by atoms with Gasteiger partial charge in [0.1, 0.15) is 0 Å². The monoisotopic (exact) mass is 218 g/mol. The fourth-order valence-electron chi connectivity index (χ4n) is 1.32. The molecule has 0 aromatic carbocycles. The lowest BCUT2D eigenvalue weighted by atomic mass is 10.4. The second-order valence-corrected chi connectivity index (χ2v) is 3.94. The second-order valence-electron chi connectivity index (χ2n) is 3.94. The molecule has 4 heteroatoms. The molecular formula is C11H26N2O2. The third-order valence-electron chi connectivity index (χ3n) is 2.32. The third kappa shape index (κ3) is 10.1. The SMILES string of the molecule is CCCN(C)CCOCCN(C)CCO. The molecule has 0 fully saturated rings. The van der Waals surface area contributed by atoms with Gasteiger partial charge >= 0.3 is 0 Å². The number of aliphatic hydroxyl groups is 1. The van der Waals surface area contributed by atoms with Crippen molar-refractivity contribution >= 4 is 0 Å². The summed E-state index contributed by atoms with van der Waals surface area (Å²) in [5, 5.41) is 8.68. The highest BCUT2D eigenvalue weighted by Crippen LogP contribution is 1.87. The van der Waals surface area contributed by atoms with E-state index in [4.69, 9.17) is 9.84 Å². The van der Waals surface area contributed by atoms with Crippen LogP contribution in [-0.2, 0) is 4.74 Å². The van der Waals surface area contributed by atoms with Crippen LogP contribution in [0.4, 0.5) is 0 Å². The summed E-state index contributed by atoms with van der Waals surface area (Å²) < 4.78 is 5.50. The van der Waals surface area contributed by atoms with Crippen LogP contribution in [0.1, 0.15) is 13.3 Å². The normalized spacial score (nSPS) is 11.6. The zero-order valence-corrected chi connectivity index (χ0v) is 10.4. The largest absolute Gasteiger partial charge is 0.395 e. The zero-order chi connectivity index (χ0) is 11.5. The fraction of sp³-hybridized carbons (Fsp3) is 1.00. The first kappa shape index (κ1) is 14.8. The summed E-state index contributed by atoms with van der Waals surface area (Å²) >= 11 is 0. The Morgan fingerprint density at radius 3 is 1.93 bits per heavy atom. The van der Waals surface area contributed by atoms with Gasteiger partial charge in [0.25, 0.3) is 0 Å². The summed E-state index contributed by atoms with van der Waals surface area (Å²) in [6.45, 7) is 7.68. The summed E-state index contributed by atoms with van der Waals surface area (Å²) in [6, 6.07) is 0. The lowest BCUT2D eigenvalue weighted by Gasteiger charge is -2.17. The van der Waals surface area contributed by atoms with Gasteiger partial charge in [-0.2, -0.15) is 0 Å². The van der Waals surface area contributed by atoms with Gasteiger partial charge in [0.2, 0.25) is 0 Å². The number of hydrogen-bond donors (Lipinski definition) is 1. The van der Waals surface area contributed by atoms with E-state index in [0.29, 0.717) is 0 Å². The van der Waals surface area contributed by atoms with E-state index in [1.54, 1.807) is 0 Å². The minimum absolute atomic E-state index is 0.218. The molecule has 4 nitrogen and oxygen atoms in total. The highest BCUT2D eigenvalue weighted by molar-refractivity contribution is 4.50. The summed E-state index contributed by atoms with van der Waals surface area (Å²) in [7, 11) is 4.10. The van der Waals surface area contributed by atoms with Crippen LogP contribution in [0.5, 0.6) is 0 Å². The van der Waals surface area contributed by atoms with Crippen molar-refractivity contribution in [3.63, 3.8) is 0 Å². The predicted molar refractivity (Wildman–Crippen MR) is 63.2 cm³/mol. The van der Waals surface area contributed by atoms with Crippen LogP contribution in [0.3, 0.4) is 0 Å². The molecular weight excluding hydrogens is 192 g/mol. The van der Waals surface area contributed by atoms with Crippen LogP contribution in [0, 0.1) is 0 Å². The van der Waals surface area contributed by atoms with Gasteiger partial charge in [0.15, 0.2) is 0 Å². The van der Waals surface area contributed by atoms with Crippen molar-refractivity contribution in [3.05, 3.63) is 0 Å². The Hall–Kier alpha value is -0.160. The van der Waals surface area contributed by atoms with E-state index in [2.05, 4.69) is 23.8 Å². The van der Waals surface area contributed by atoms with Gasteiger partial charge < -0.3 is 19.6 Å². The van der Waals surface area contributed by atoms with E-state index in [9.17, 15) is 0 Å². The number of hydrogen-bond acceptors (Lipinski definition) is 4. The van der Waals surface area contributed by atoms with Crippen LogP contribution in [0.2, 0.25) is 0 Å². The lowest BCUT2D eigenvalue weighted by molar-refractivity contribution is 0.0899. The van der Waals surface area contributed by atoms with E-state index >= 15 is 0 Å². The van der Waals surface area contributed by atoms with Crippen molar-refractivity contribution < 1.29 is 9.84 Å². The average molecular weight is 218 g/mol. The fourth-order valence-corrected chi connectivity index (χ4v) is 1.32. The first-order valence-corrected chi connectivity index (χ1v) is 5.76. The zero-order valence-electron chi connectivity index (χ0n) is 10.4. The standard InChI is InChI=1S/C11H26N2O2/c1-4-5-12(2)7-10-15-11-8-13(3)6-9-14/h14H,4-11H2,1-3H3. The maximum Gasteiger partial charge on any atom is 0.0594 e. The Morgan fingerprint density at radius 2 is 1.47 bits per heavy atom. The number of rotatable bonds is 10. The summed E-state index contributed by atoms with van der Waals surface area (Å²) in [5.41, 5.74) is 0. The van der Waals surface area contributed by atoms with Gasteiger partial charge in [-0.3, -0.25) is 0 Å². The molecule has 0 saturated heterocycles. The molecule has 15 heavy (non-hydrogen) atoms. The van der Waals surface area contributed by atoms with Crippen LogP contribution in [0.15, 0.2) is 0 Å². The molecule has 0 saturated carbocycles. The molecule has 0 atom stereocenters. The minimum atomic E-state index is 0.218. The number of nitrogens with zero attached hydrogens (tertiary/aromatic N) is 2. The van der Waals surface area contributed by atoms with Gasteiger partial charge in [-0.25, -0.2) is 0 Å². The topological polar surface area (TPSA) is 35.9 Å². The summed E-state index contributed by atoms with van der Waals surface area (Å²) in [6.07, 6.45) is 1.19. The van der Waals surface area contributed by atoms with Gasteiger partial charge in [-0.15, -0.1) is 0 Å². The van der Waals surface area contributed by atoms with E-state index in [1.807, 2.05) is 7.05 Å². The molecule has 0 aliphatic rings. The Balaban J connectivity index is 3.17. The lowest BCUT2D eigenvalue weighted by Crippen LogP contribution is -2.28. The Bertz CT molecular complexity index is 120. The molecule has 0 aliphatic heterocycles. The molecule has 0 rings (SSSR count). The van der Waals surface area contributed by atoms with Crippen molar-refractivity contribution in [3.8, 4) is 0 Å². The summed E-state index contributed by atoms with van der Waals surface area (Å²) in [5.74, 6) is 0. The minimum Gasteiger partial charge on any atom is -0.395 e. The first-order valence-electron chi connectivity index (χ1n) is 5.76. The molecule has 0 unspecified atom stereocenters. The maximum atomic E-state index is 8.68. The van der Waals surface area contributed by atoms with Crippen LogP contribution < -0.4 is 0 Å². The Labute approximate surface area is 93.8 Å². The molecule has 0 radical (unpaired) electrons. The molecule has 0 spiro atoms. The number of ether oxygens (including phenoxy) is 1. The van der Waals surface area contributed by atoms with Crippen LogP contribution in [0.25, 0.3) is 0 Å². The molecule has 0 aliphatic carbocycles. The Kier molecular flexibility index (Phi) is 10.3. The average Bonchev–Trinajstić information content (AvgIpc) is 2.18. The molecule has 92 valence electrons. The highest BCUT2D eigenvalue weighted by Gasteiger charge is 1.98. The first-order chi connectivity index (χ1) is 7.20. The van der Waals surface area contributed by atoms with Crippen molar-refractivity contribution in [2.75, 3.05) is 60.1 Å². The van der Waals surface area contributed by atoms with Crippen molar-refractivity contribution in [2.24, 2.45) is 0 Å². The molecule has 0 heterocycles. The Morgan fingerprint density at radius 1 is 0.933 bits per heavy atom. The van der Waals surface area contributed by atoms with Gasteiger partial charge in [0, 0.05) is 19.6 Å². The number of aliphatic hydroxyl groups excluding tert-OH is 1. The smallest absolute Gasteiger partial charge is 0.0594 e.